The van der Waals surface area contributed by atoms with Crippen LogP contribution in [-0.4, -0.2) is 228 Å². The first-order chi connectivity index (χ1) is 38.0. The van der Waals surface area contributed by atoms with Crippen LogP contribution in [-0.2, 0) is 14.2 Å². The average Bonchev–Trinajstić information content (AvgIpc) is 3.33. The van der Waals surface area contributed by atoms with Gasteiger partial charge >= 0.3 is 158 Å². The number of alkyl halides is 45. The van der Waals surface area contributed by atoms with Gasteiger partial charge in [0.2, 0.25) is 0 Å². The second-order valence-electron chi connectivity index (χ2n) is 21.5. The van der Waals surface area contributed by atoms with Crippen molar-refractivity contribution >= 4 is 0 Å². The van der Waals surface area contributed by atoms with Gasteiger partial charge < -0.3 is 29.5 Å². The van der Waals surface area contributed by atoms with E-state index < -0.39 is 218 Å². The molecule has 3 atom stereocenters. The van der Waals surface area contributed by atoms with Crippen LogP contribution in [0.25, 0.3) is 0 Å². The molecule has 512 valence electrons. The van der Waals surface area contributed by atoms with Crippen molar-refractivity contribution in [3.05, 3.63) is 0 Å². The van der Waals surface area contributed by atoms with Crippen molar-refractivity contribution in [3.8, 4) is 0 Å². The van der Waals surface area contributed by atoms with Crippen LogP contribution in [0.4, 0.5) is 198 Å². The summed E-state index contributed by atoms with van der Waals surface area (Å²) in [5, 5.41) is 32.1. The number of ether oxygens (including phenoxy) is 3. The summed E-state index contributed by atoms with van der Waals surface area (Å²) in [5.41, 5.74) is -106. The maximum atomic E-state index is 15.9. The van der Waals surface area contributed by atoms with Gasteiger partial charge in [-0.3, -0.25) is 0 Å². The van der Waals surface area contributed by atoms with E-state index in [1.807, 2.05) is 0 Å². The first kappa shape index (κ1) is 69.0. The van der Waals surface area contributed by atoms with E-state index in [9.17, 15) is 15.3 Å². The number of rotatable bonds is 12. The fraction of sp³-hybridized carbons (Fsp3) is 1.00. The van der Waals surface area contributed by atoms with Gasteiger partial charge in [-0.05, 0) is 0 Å². The molecule has 0 aromatic carbocycles. The van der Waals surface area contributed by atoms with E-state index in [0.717, 1.165) is 0 Å². The molecular formula is C37H13F45O6. The molecule has 51 heteroatoms. The van der Waals surface area contributed by atoms with Gasteiger partial charge in [-0.15, -0.1) is 0 Å². The van der Waals surface area contributed by atoms with E-state index in [4.69, 9.17) is 0 Å². The quantitative estimate of drug-likeness (QED) is 0.169. The summed E-state index contributed by atoms with van der Waals surface area (Å²) in [5.74, 6) is -166. The lowest BCUT2D eigenvalue weighted by molar-refractivity contribution is -0.619. The van der Waals surface area contributed by atoms with Crippen LogP contribution in [0.3, 0.4) is 0 Å². The molecule has 0 spiro atoms. The number of hydrogen-bond donors (Lipinski definition) is 3. The fourth-order valence-corrected chi connectivity index (χ4v) is 14.0. The number of aliphatic hydroxyl groups excluding tert-OH is 3. The van der Waals surface area contributed by atoms with Crippen molar-refractivity contribution in [2.75, 3.05) is 19.8 Å². The van der Waals surface area contributed by atoms with E-state index in [1.165, 1.54) is 0 Å². The molecule has 12 aliphatic carbocycles. The SMILES string of the molecule is OC(COC12C(F)(F)C3(F)C(F)(F)C(F)(C(F)(F)C(F)(C3(F)F)C1(F)F)C2(F)F)C(C(O)COC12C(F)(F)C3(F)C(F)(F)C(F)(C(F)(F)C(F)(C3(F)F)C1(F)F)C2(F)F)C(O)COC12C(F)(F)C3(F)C(F)(F)C(F)(C(F)(F)C(F)(C3(F)F)C1(F)F)C2(F)F. The Hall–Kier alpha value is -3.39. The van der Waals surface area contributed by atoms with Crippen molar-refractivity contribution in [1.29, 1.82) is 0 Å². The normalized spacial score (nSPS) is 50.7. The molecule has 0 aromatic heterocycles. The van der Waals surface area contributed by atoms with Gasteiger partial charge in [0, 0.05) is 5.92 Å². The van der Waals surface area contributed by atoms with E-state index in [-0.39, 0.29) is 0 Å². The van der Waals surface area contributed by atoms with Crippen LogP contribution in [0.2, 0.25) is 0 Å². The topological polar surface area (TPSA) is 88.4 Å². The summed E-state index contributed by atoms with van der Waals surface area (Å²) in [4.78, 5) is 0. The molecule has 0 heterocycles. The maximum Gasteiger partial charge on any atom is 0.339 e. The van der Waals surface area contributed by atoms with Crippen LogP contribution >= 0.6 is 0 Å². The first-order valence-electron chi connectivity index (χ1n) is 22.0. The van der Waals surface area contributed by atoms with Gasteiger partial charge in [-0.2, -0.15) is 158 Å². The molecule has 6 nitrogen and oxygen atoms in total. The molecule has 12 fully saturated rings. The van der Waals surface area contributed by atoms with E-state index in [2.05, 4.69) is 14.2 Å². The molecule has 12 saturated carbocycles. The molecule has 12 rings (SSSR count). The predicted octanol–water partition coefficient (Wildman–Crippen LogP) is 10.9. The molecular weight excluding hydrogens is 1400 g/mol. The third kappa shape index (κ3) is 4.48. The third-order valence-electron chi connectivity index (χ3n) is 18.4. The highest BCUT2D eigenvalue weighted by molar-refractivity contribution is 5.58. The Morgan fingerprint density at radius 1 is 0.170 bits per heavy atom. The Morgan fingerprint density at radius 2 is 0.261 bits per heavy atom. The largest absolute Gasteiger partial charge is 0.390 e. The molecule has 12 bridgehead atoms. The van der Waals surface area contributed by atoms with E-state index in [0.29, 0.717) is 0 Å². The van der Waals surface area contributed by atoms with Crippen molar-refractivity contribution in [2.45, 2.75) is 193 Å². The Kier molecular flexibility index (Phi) is 11.8. The van der Waals surface area contributed by atoms with Crippen molar-refractivity contribution in [2.24, 2.45) is 5.92 Å². The van der Waals surface area contributed by atoms with E-state index in [1.54, 1.807) is 0 Å². The number of hydrogen-bond acceptors (Lipinski definition) is 6. The Labute approximate surface area is 446 Å². The van der Waals surface area contributed by atoms with Crippen molar-refractivity contribution < 1.29 is 227 Å². The molecule has 0 saturated heterocycles. The summed E-state index contributed by atoms with van der Waals surface area (Å²) in [6, 6.07) is 0. The van der Waals surface area contributed by atoms with Gasteiger partial charge in [0.1, 0.15) is 0 Å². The van der Waals surface area contributed by atoms with Crippen LogP contribution < -0.4 is 0 Å². The van der Waals surface area contributed by atoms with Crippen LogP contribution in [0.1, 0.15) is 0 Å². The highest BCUT2D eigenvalue weighted by Crippen LogP contribution is 2.93. The highest BCUT2D eigenvalue weighted by atomic mass is 19.4. The van der Waals surface area contributed by atoms with E-state index >= 15 is 198 Å². The van der Waals surface area contributed by atoms with Crippen LogP contribution in [0.15, 0.2) is 0 Å². The van der Waals surface area contributed by atoms with Crippen LogP contribution in [0.5, 0.6) is 0 Å². The third-order valence-corrected chi connectivity index (χ3v) is 18.4. The minimum absolute atomic E-state index is 2.74. The molecule has 0 amide bonds. The molecule has 3 N–H and O–H groups in total. The van der Waals surface area contributed by atoms with Crippen LogP contribution in [0, 0.1) is 5.92 Å². The molecule has 3 unspecified atom stereocenters. The molecule has 88 heavy (non-hydrogen) atoms. The zero-order valence-corrected chi connectivity index (χ0v) is 39.0. The minimum Gasteiger partial charge on any atom is -0.390 e. The summed E-state index contributed by atoms with van der Waals surface area (Å²) in [7, 11) is 0. The molecule has 0 radical (unpaired) electrons. The van der Waals surface area contributed by atoms with Gasteiger partial charge in [-0.1, -0.05) is 0 Å². The van der Waals surface area contributed by atoms with Gasteiger partial charge in [-0.25, -0.2) is 39.5 Å². The lowest BCUT2D eigenvalue weighted by atomic mass is 9.40. The monoisotopic (exact) mass is 1410 g/mol. The maximum absolute atomic E-state index is 15.9. The zero-order chi connectivity index (χ0) is 69.6. The standard InChI is InChI=1S/C37H13F45O6/c38-8-20(47,48)9(39)22(51,52)10(40,21(8,49)50)31(69,70)17(29(8,65)66,30(9,67)68)86-1-4(83)7(5(84)2-87-18-32(71,72)11(41)23(53,54)12(42,33(18,73)74)25(57,58)13(43,24(11,55)56)34(18,75)76)6(85)3-88-19-35(77,78)14(44)26(59,60)15(45,36(19,79)80)28(63,64)16(46,27(14,61)62)37(19,81)82/h4-7,83-85H,1-3H2. The number of aliphatic hydroxyl groups is 3. The van der Waals surface area contributed by atoms with Crippen molar-refractivity contribution in [3.63, 3.8) is 0 Å². The Morgan fingerprint density at radius 3 is 0.352 bits per heavy atom. The predicted molar refractivity (Wildman–Crippen MR) is 171 cm³/mol. The van der Waals surface area contributed by atoms with Gasteiger partial charge in [0.25, 0.3) is 16.8 Å². The molecule has 12 aliphatic rings. The van der Waals surface area contributed by atoms with Gasteiger partial charge in [0.05, 0.1) is 38.1 Å². The lowest BCUT2D eigenvalue weighted by Crippen LogP contribution is -3.10. The Bertz CT molecular complexity index is 2390. The van der Waals surface area contributed by atoms with Crippen molar-refractivity contribution in [1.82, 2.24) is 0 Å². The van der Waals surface area contributed by atoms with Gasteiger partial charge in [0.15, 0.2) is 0 Å². The first-order valence-corrected chi connectivity index (χ1v) is 22.0. The second-order valence-corrected chi connectivity index (χ2v) is 21.5. The fourth-order valence-electron chi connectivity index (χ4n) is 14.0. The summed E-state index contributed by atoms with van der Waals surface area (Å²) >= 11 is 0. The summed E-state index contributed by atoms with van der Waals surface area (Å²) < 4.78 is 706. The Balaban J connectivity index is 1.23. The smallest absolute Gasteiger partial charge is 0.339 e. The zero-order valence-electron chi connectivity index (χ0n) is 39.0. The molecule has 0 aliphatic heterocycles. The average molecular weight is 1410 g/mol. The summed E-state index contributed by atoms with van der Waals surface area (Å²) in [6.07, 6.45) is -16.6. The highest BCUT2D eigenvalue weighted by Gasteiger charge is 3.27. The lowest BCUT2D eigenvalue weighted by Gasteiger charge is -2.74. The second kappa shape index (κ2) is 15.1. The molecule has 0 aromatic rings. The number of halogens is 45. The minimum atomic E-state index is -9.00. The summed E-state index contributed by atoms with van der Waals surface area (Å²) in [6.45, 7) is -13.8.